The third-order valence-corrected chi connectivity index (χ3v) is 10.9. The lowest BCUT2D eigenvalue weighted by atomic mass is 9.45. The predicted octanol–water partition coefficient (Wildman–Crippen LogP) is 6.75. The fraction of sp³-hybridized carbons (Fsp3) is 0.929. The highest BCUT2D eigenvalue weighted by Crippen LogP contribution is 2.68. The molecule has 0 bridgehead atoms. The molecule has 0 unspecified atom stereocenters. The van der Waals surface area contributed by atoms with E-state index in [1.807, 2.05) is 0 Å². The first-order valence-corrected chi connectivity index (χ1v) is 13.0. The standard InChI is InChI=1S/C28H48O2/c1-17(2)8-9-18(3)21-16-22(29)25-19-10-11-23-26(4,5)24(30)13-15-27(23,6)20(19)12-14-28(21,25)7/h17-18,21-25,29-30H,8-16H2,1-7H3/t18-,21-,22+,23+,24+,25+,27-,28-/m1/s1. The zero-order valence-corrected chi connectivity index (χ0v) is 20.8. The van der Waals surface area contributed by atoms with Crippen molar-refractivity contribution in [3.05, 3.63) is 11.1 Å². The zero-order chi connectivity index (χ0) is 22.1. The average molecular weight is 417 g/mol. The van der Waals surface area contributed by atoms with Gasteiger partial charge in [-0.2, -0.15) is 0 Å². The lowest BCUT2D eigenvalue weighted by Gasteiger charge is -2.60. The van der Waals surface area contributed by atoms with Crippen LogP contribution in [0.1, 0.15) is 106 Å². The molecule has 2 fully saturated rings. The van der Waals surface area contributed by atoms with Gasteiger partial charge in [0.2, 0.25) is 0 Å². The molecule has 8 atom stereocenters. The number of allylic oxidation sites excluding steroid dienone is 1. The van der Waals surface area contributed by atoms with Crippen molar-refractivity contribution in [1.29, 1.82) is 0 Å². The molecule has 0 radical (unpaired) electrons. The van der Waals surface area contributed by atoms with Crippen LogP contribution < -0.4 is 0 Å². The van der Waals surface area contributed by atoms with Gasteiger partial charge in [-0.15, -0.1) is 0 Å². The van der Waals surface area contributed by atoms with Gasteiger partial charge in [-0.05, 0) is 84.9 Å². The minimum Gasteiger partial charge on any atom is -0.393 e. The lowest BCUT2D eigenvalue weighted by Crippen LogP contribution is -2.54. The second kappa shape index (κ2) is 7.62. The van der Waals surface area contributed by atoms with Crippen molar-refractivity contribution in [3.8, 4) is 0 Å². The molecule has 2 N–H and O–H groups in total. The molecular weight excluding hydrogens is 368 g/mol. The molecule has 0 aromatic carbocycles. The van der Waals surface area contributed by atoms with Crippen LogP contribution in [0.4, 0.5) is 0 Å². The summed E-state index contributed by atoms with van der Waals surface area (Å²) in [5.74, 6) is 3.07. The van der Waals surface area contributed by atoms with E-state index in [2.05, 4.69) is 48.5 Å². The van der Waals surface area contributed by atoms with E-state index in [1.54, 1.807) is 11.1 Å². The Labute approximate surface area is 185 Å². The van der Waals surface area contributed by atoms with Crippen LogP contribution in [-0.4, -0.2) is 22.4 Å². The second-order valence-electron chi connectivity index (χ2n) is 13.2. The Bertz CT molecular complexity index is 691. The normalized spacial score (nSPS) is 46.4. The van der Waals surface area contributed by atoms with Crippen molar-refractivity contribution < 1.29 is 10.2 Å². The molecule has 4 aliphatic rings. The van der Waals surface area contributed by atoms with Crippen LogP contribution in [-0.2, 0) is 0 Å². The summed E-state index contributed by atoms with van der Waals surface area (Å²) in [5, 5.41) is 22.1. The van der Waals surface area contributed by atoms with Gasteiger partial charge in [0.1, 0.15) is 0 Å². The Kier molecular flexibility index (Phi) is 5.80. The van der Waals surface area contributed by atoms with Gasteiger partial charge in [0.15, 0.2) is 0 Å². The number of aliphatic hydroxyl groups excluding tert-OH is 2. The molecule has 0 amide bonds. The van der Waals surface area contributed by atoms with E-state index in [-0.39, 0.29) is 28.5 Å². The van der Waals surface area contributed by atoms with Crippen LogP contribution in [0.25, 0.3) is 0 Å². The maximum absolute atomic E-state index is 11.4. The van der Waals surface area contributed by atoms with Gasteiger partial charge >= 0.3 is 0 Å². The molecule has 0 aromatic rings. The number of rotatable bonds is 4. The maximum Gasteiger partial charge on any atom is 0.0613 e. The van der Waals surface area contributed by atoms with Crippen LogP contribution in [0.5, 0.6) is 0 Å². The fourth-order valence-electron chi connectivity index (χ4n) is 9.08. The third kappa shape index (κ3) is 3.26. The summed E-state index contributed by atoms with van der Waals surface area (Å²) in [5.41, 5.74) is 3.84. The van der Waals surface area contributed by atoms with E-state index < -0.39 is 0 Å². The Balaban J connectivity index is 1.66. The maximum atomic E-state index is 11.4. The largest absolute Gasteiger partial charge is 0.393 e. The van der Waals surface area contributed by atoms with Gasteiger partial charge in [0.05, 0.1) is 12.2 Å². The predicted molar refractivity (Wildman–Crippen MR) is 125 cm³/mol. The van der Waals surface area contributed by atoms with Gasteiger partial charge in [-0.3, -0.25) is 0 Å². The van der Waals surface area contributed by atoms with E-state index in [4.69, 9.17) is 0 Å². The van der Waals surface area contributed by atoms with Gasteiger partial charge in [0, 0.05) is 5.92 Å². The highest BCUT2D eigenvalue weighted by molar-refractivity contribution is 5.36. The van der Waals surface area contributed by atoms with Crippen molar-refractivity contribution in [2.75, 3.05) is 0 Å². The van der Waals surface area contributed by atoms with Crippen molar-refractivity contribution in [3.63, 3.8) is 0 Å². The van der Waals surface area contributed by atoms with Crippen molar-refractivity contribution in [2.45, 2.75) is 118 Å². The molecule has 4 rings (SSSR count). The molecule has 0 heterocycles. The van der Waals surface area contributed by atoms with Gasteiger partial charge in [-0.1, -0.05) is 72.5 Å². The fourth-order valence-corrected chi connectivity index (χ4v) is 9.08. The van der Waals surface area contributed by atoms with E-state index in [0.29, 0.717) is 23.7 Å². The zero-order valence-electron chi connectivity index (χ0n) is 20.8. The van der Waals surface area contributed by atoms with Crippen LogP contribution in [0.3, 0.4) is 0 Å². The van der Waals surface area contributed by atoms with Crippen molar-refractivity contribution >= 4 is 0 Å². The number of hydrogen-bond donors (Lipinski definition) is 2. The molecule has 0 aliphatic heterocycles. The molecule has 0 spiro atoms. The van der Waals surface area contributed by atoms with Gasteiger partial charge < -0.3 is 10.2 Å². The van der Waals surface area contributed by atoms with E-state index in [0.717, 1.165) is 31.6 Å². The first-order chi connectivity index (χ1) is 13.9. The Hall–Kier alpha value is -0.340. The first kappa shape index (κ1) is 22.8. The van der Waals surface area contributed by atoms with E-state index in [9.17, 15) is 10.2 Å². The van der Waals surface area contributed by atoms with E-state index >= 15 is 0 Å². The topological polar surface area (TPSA) is 40.5 Å². The highest BCUT2D eigenvalue weighted by atomic mass is 16.3. The quantitative estimate of drug-likeness (QED) is 0.498. The molecular formula is C28H48O2. The summed E-state index contributed by atoms with van der Waals surface area (Å²) in [6, 6.07) is 0. The van der Waals surface area contributed by atoms with E-state index in [1.165, 1.54) is 32.1 Å². The Morgan fingerprint density at radius 3 is 2.30 bits per heavy atom. The smallest absolute Gasteiger partial charge is 0.0613 e. The van der Waals surface area contributed by atoms with Crippen molar-refractivity contribution in [2.24, 2.45) is 45.8 Å². The molecule has 0 aromatic heterocycles. The van der Waals surface area contributed by atoms with Gasteiger partial charge in [-0.25, -0.2) is 0 Å². The molecule has 0 saturated heterocycles. The van der Waals surface area contributed by atoms with Crippen LogP contribution in [0, 0.1) is 45.8 Å². The minimum atomic E-state index is -0.171. The lowest BCUT2D eigenvalue weighted by molar-refractivity contribution is -0.0941. The summed E-state index contributed by atoms with van der Waals surface area (Å²) < 4.78 is 0. The molecule has 2 saturated carbocycles. The highest BCUT2D eigenvalue weighted by Gasteiger charge is 2.61. The molecule has 2 nitrogen and oxygen atoms in total. The monoisotopic (exact) mass is 416 g/mol. The van der Waals surface area contributed by atoms with Crippen LogP contribution in [0.2, 0.25) is 0 Å². The number of fused-ring (bicyclic) bond motifs is 4. The molecule has 2 heteroatoms. The number of hydrogen-bond acceptors (Lipinski definition) is 2. The SMILES string of the molecule is CC(C)CC[C@@H](C)[C@H]1C[C@H](O)[C@@H]2C3=C(CC[C@]12C)[C@@]1(C)CC[C@H](O)C(C)(C)[C@@H]1CC3. The second-order valence-corrected chi connectivity index (χ2v) is 13.2. The van der Waals surface area contributed by atoms with Gasteiger partial charge in [0.25, 0.3) is 0 Å². The Morgan fingerprint density at radius 1 is 0.933 bits per heavy atom. The molecule has 172 valence electrons. The summed E-state index contributed by atoms with van der Waals surface area (Å²) in [6.07, 6.45) is 10.1. The average Bonchev–Trinajstić information content (AvgIpc) is 2.94. The first-order valence-electron chi connectivity index (χ1n) is 13.0. The summed E-state index contributed by atoms with van der Waals surface area (Å²) in [7, 11) is 0. The number of aliphatic hydroxyl groups is 2. The van der Waals surface area contributed by atoms with Crippen LogP contribution >= 0.6 is 0 Å². The molecule has 30 heavy (non-hydrogen) atoms. The van der Waals surface area contributed by atoms with Crippen molar-refractivity contribution in [1.82, 2.24) is 0 Å². The summed E-state index contributed by atoms with van der Waals surface area (Å²) in [4.78, 5) is 0. The Morgan fingerprint density at radius 2 is 1.63 bits per heavy atom. The minimum absolute atomic E-state index is 0.00549. The van der Waals surface area contributed by atoms with Crippen LogP contribution in [0.15, 0.2) is 11.1 Å². The third-order valence-electron chi connectivity index (χ3n) is 10.9. The summed E-state index contributed by atoms with van der Waals surface area (Å²) in [6.45, 7) is 16.8. The summed E-state index contributed by atoms with van der Waals surface area (Å²) >= 11 is 0. The molecule has 4 aliphatic carbocycles.